The highest BCUT2D eigenvalue weighted by molar-refractivity contribution is 9.10. The van der Waals surface area contributed by atoms with Crippen molar-refractivity contribution in [1.82, 2.24) is 0 Å². The van der Waals surface area contributed by atoms with E-state index in [1.54, 1.807) is 18.2 Å². The summed E-state index contributed by atoms with van der Waals surface area (Å²) in [6.07, 6.45) is 2.85. The summed E-state index contributed by atoms with van der Waals surface area (Å²) in [5.74, 6) is -0.996. The molecule has 3 nitrogen and oxygen atoms in total. The van der Waals surface area contributed by atoms with Gasteiger partial charge in [-0.05, 0) is 39.7 Å². The van der Waals surface area contributed by atoms with Gasteiger partial charge in [-0.15, -0.1) is 0 Å². The smallest absolute Gasteiger partial charge is 0.336 e. The molecule has 1 rings (SSSR count). The summed E-state index contributed by atoms with van der Waals surface area (Å²) in [6.45, 7) is 0. The maximum Gasteiger partial charge on any atom is 0.336 e. The van der Waals surface area contributed by atoms with Crippen molar-refractivity contribution in [3.05, 3.63) is 39.9 Å². The number of nitriles is 1. The fourth-order valence-corrected chi connectivity index (χ4v) is 1.36. The lowest BCUT2D eigenvalue weighted by Crippen LogP contribution is -1.97. The molecule has 0 atom stereocenters. The molecule has 0 radical (unpaired) electrons. The van der Waals surface area contributed by atoms with Crippen molar-refractivity contribution in [2.45, 2.75) is 0 Å². The number of allylic oxidation sites excluding steroid dienone is 1. The van der Waals surface area contributed by atoms with Gasteiger partial charge in [-0.2, -0.15) is 5.26 Å². The molecular weight excluding hydrogens is 246 g/mol. The van der Waals surface area contributed by atoms with Crippen molar-refractivity contribution in [3.63, 3.8) is 0 Å². The van der Waals surface area contributed by atoms with Crippen LogP contribution in [0, 0.1) is 11.3 Å². The molecule has 0 aliphatic heterocycles. The highest BCUT2D eigenvalue weighted by atomic mass is 79.9. The van der Waals surface area contributed by atoms with E-state index < -0.39 is 5.97 Å². The van der Waals surface area contributed by atoms with Crippen molar-refractivity contribution in [1.29, 1.82) is 5.26 Å². The summed E-state index contributed by atoms with van der Waals surface area (Å²) < 4.78 is 0.527. The van der Waals surface area contributed by atoms with Gasteiger partial charge in [0.15, 0.2) is 0 Å². The van der Waals surface area contributed by atoms with Gasteiger partial charge in [0.1, 0.15) is 0 Å². The summed E-state index contributed by atoms with van der Waals surface area (Å²) in [5, 5.41) is 17.1. The van der Waals surface area contributed by atoms with Crippen LogP contribution in [0.25, 0.3) is 6.08 Å². The van der Waals surface area contributed by atoms with Gasteiger partial charge in [-0.3, -0.25) is 0 Å². The minimum absolute atomic E-state index is 0.185. The SMILES string of the molecule is N#CC=Cc1ccc(Br)c(C(=O)O)c1. The van der Waals surface area contributed by atoms with E-state index in [-0.39, 0.29) is 5.56 Å². The Labute approximate surface area is 89.4 Å². The Morgan fingerprint density at radius 3 is 2.86 bits per heavy atom. The van der Waals surface area contributed by atoms with Crippen LogP contribution in [0.1, 0.15) is 15.9 Å². The molecule has 0 unspecified atom stereocenters. The lowest BCUT2D eigenvalue weighted by atomic mass is 10.1. The molecule has 4 heteroatoms. The Balaban J connectivity index is 3.14. The number of hydrogen-bond donors (Lipinski definition) is 1. The van der Waals surface area contributed by atoms with Crippen molar-refractivity contribution >= 4 is 28.0 Å². The highest BCUT2D eigenvalue weighted by Gasteiger charge is 2.07. The van der Waals surface area contributed by atoms with Crippen LogP contribution in [0.3, 0.4) is 0 Å². The van der Waals surface area contributed by atoms with E-state index in [4.69, 9.17) is 10.4 Å². The number of carbonyl (C=O) groups is 1. The van der Waals surface area contributed by atoms with Crippen LogP contribution in [0.2, 0.25) is 0 Å². The first kappa shape index (κ1) is 10.5. The minimum atomic E-state index is -0.996. The molecule has 0 aliphatic rings. The van der Waals surface area contributed by atoms with Crippen molar-refractivity contribution in [3.8, 4) is 6.07 Å². The van der Waals surface area contributed by atoms with E-state index in [9.17, 15) is 4.79 Å². The third kappa shape index (κ3) is 2.44. The fraction of sp³-hybridized carbons (Fsp3) is 0. The third-order valence-electron chi connectivity index (χ3n) is 1.57. The summed E-state index contributed by atoms with van der Waals surface area (Å²) in [5.41, 5.74) is 0.872. The molecule has 0 saturated carbocycles. The largest absolute Gasteiger partial charge is 0.478 e. The van der Waals surface area contributed by atoms with E-state index in [0.29, 0.717) is 10.0 Å². The molecule has 0 spiro atoms. The number of carboxylic acids is 1. The third-order valence-corrected chi connectivity index (χ3v) is 2.26. The Bertz CT molecular complexity index is 432. The second-order valence-electron chi connectivity index (χ2n) is 2.51. The molecule has 0 aliphatic carbocycles. The van der Waals surface area contributed by atoms with Gasteiger partial charge in [0.25, 0.3) is 0 Å². The van der Waals surface area contributed by atoms with Crippen molar-refractivity contribution in [2.24, 2.45) is 0 Å². The molecule has 1 N–H and O–H groups in total. The van der Waals surface area contributed by atoms with Gasteiger partial charge in [0.05, 0.1) is 11.6 Å². The molecule has 1 aromatic carbocycles. The first-order valence-corrected chi connectivity index (χ1v) is 4.53. The molecular formula is C10H6BrNO2. The number of benzene rings is 1. The Morgan fingerprint density at radius 1 is 1.57 bits per heavy atom. The normalized spacial score (nSPS) is 10.0. The Morgan fingerprint density at radius 2 is 2.29 bits per heavy atom. The minimum Gasteiger partial charge on any atom is -0.478 e. The molecule has 1 aromatic rings. The van der Waals surface area contributed by atoms with Crippen LogP contribution in [0.5, 0.6) is 0 Å². The van der Waals surface area contributed by atoms with E-state index in [1.807, 2.05) is 6.07 Å². The molecule has 0 fully saturated rings. The molecule has 70 valence electrons. The topological polar surface area (TPSA) is 61.1 Å². The Hall–Kier alpha value is -1.60. The number of aromatic carboxylic acids is 1. The average Bonchev–Trinajstić information content (AvgIpc) is 2.16. The van der Waals surface area contributed by atoms with Gasteiger partial charge in [0, 0.05) is 10.5 Å². The number of halogens is 1. The van der Waals surface area contributed by atoms with E-state index >= 15 is 0 Å². The zero-order chi connectivity index (χ0) is 10.6. The van der Waals surface area contributed by atoms with E-state index in [1.165, 1.54) is 12.1 Å². The lowest BCUT2D eigenvalue weighted by molar-refractivity contribution is 0.0696. The predicted molar refractivity (Wildman–Crippen MR) is 55.7 cm³/mol. The molecule has 0 bridgehead atoms. The molecule has 0 aromatic heterocycles. The van der Waals surface area contributed by atoms with Crippen molar-refractivity contribution < 1.29 is 9.90 Å². The van der Waals surface area contributed by atoms with Crippen LogP contribution in [-0.2, 0) is 0 Å². The highest BCUT2D eigenvalue weighted by Crippen LogP contribution is 2.18. The monoisotopic (exact) mass is 251 g/mol. The summed E-state index contributed by atoms with van der Waals surface area (Å²) in [7, 11) is 0. The average molecular weight is 252 g/mol. The maximum absolute atomic E-state index is 10.7. The maximum atomic E-state index is 10.7. The summed E-state index contributed by atoms with van der Waals surface area (Å²) in [4.78, 5) is 10.7. The first-order chi connectivity index (χ1) is 6.65. The summed E-state index contributed by atoms with van der Waals surface area (Å²) >= 11 is 3.13. The standard InChI is InChI=1S/C10H6BrNO2/c11-9-4-3-7(2-1-5-12)6-8(9)10(13)14/h1-4,6H,(H,13,14). The van der Waals surface area contributed by atoms with Gasteiger partial charge >= 0.3 is 5.97 Å². The van der Waals surface area contributed by atoms with Crippen molar-refractivity contribution in [2.75, 3.05) is 0 Å². The quantitative estimate of drug-likeness (QED) is 0.823. The lowest BCUT2D eigenvalue weighted by Gasteiger charge is -1.99. The molecule has 0 amide bonds. The van der Waals surface area contributed by atoms with Gasteiger partial charge in [-0.25, -0.2) is 4.79 Å². The summed E-state index contributed by atoms with van der Waals surface area (Å²) in [6, 6.07) is 6.71. The zero-order valence-corrected chi connectivity index (χ0v) is 8.65. The van der Waals surface area contributed by atoms with Gasteiger partial charge in [-0.1, -0.05) is 6.07 Å². The number of rotatable bonds is 2. The van der Waals surface area contributed by atoms with E-state index in [0.717, 1.165) is 0 Å². The van der Waals surface area contributed by atoms with Crippen LogP contribution < -0.4 is 0 Å². The molecule has 0 heterocycles. The second-order valence-corrected chi connectivity index (χ2v) is 3.36. The van der Waals surface area contributed by atoms with Crippen LogP contribution in [0.15, 0.2) is 28.7 Å². The van der Waals surface area contributed by atoms with E-state index in [2.05, 4.69) is 15.9 Å². The molecule has 14 heavy (non-hydrogen) atoms. The fourth-order valence-electron chi connectivity index (χ4n) is 0.944. The molecule has 0 saturated heterocycles. The van der Waals surface area contributed by atoms with Gasteiger partial charge in [0.2, 0.25) is 0 Å². The first-order valence-electron chi connectivity index (χ1n) is 3.74. The zero-order valence-electron chi connectivity index (χ0n) is 7.07. The Kier molecular flexibility index (Phi) is 3.43. The number of nitrogens with zero attached hydrogens (tertiary/aromatic N) is 1. The number of hydrogen-bond acceptors (Lipinski definition) is 2. The second kappa shape index (κ2) is 4.58. The number of carboxylic acid groups (broad SMARTS) is 1. The van der Waals surface area contributed by atoms with Crippen LogP contribution in [-0.4, -0.2) is 11.1 Å². The van der Waals surface area contributed by atoms with Crippen LogP contribution in [0.4, 0.5) is 0 Å². The van der Waals surface area contributed by atoms with Crippen LogP contribution >= 0.6 is 15.9 Å². The predicted octanol–water partition coefficient (Wildman–Crippen LogP) is 2.68. The van der Waals surface area contributed by atoms with Gasteiger partial charge < -0.3 is 5.11 Å².